The first-order valence-electron chi connectivity index (χ1n) is 7.61. The number of carbonyl (C=O) groups excluding carboxylic acids is 1. The Hall–Kier alpha value is -1.04. The molecule has 0 unspecified atom stereocenters. The highest BCUT2D eigenvalue weighted by Gasteiger charge is 2.32. The van der Waals surface area contributed by atoms with Crippen molar-refractivity contribution in [1.29, 1.82) is 0 Å². The summed E-state index contributed by atoms with van der Waals surface area (Å²) < 4.78 is 5.84. The van der Waals surface area contributed by atoms with E-state index in [9.17, 15) is 4.79 Å². The molecule has 21 heavy (non-hydrogen) atoms. The first kappa shape index (κ1) is 14.9. The number of benzene rings is 1. The molecule has 2 saturated heterocycles. The number of hydrogen-bond acceptors (Lipinski definition) is 4. The third-order valence-electron chi connectivity index (χ3n) is 4.10. The lowest BCUT2D eigenvalue weighted by atomic mass is 10.2. The summed E-state index contributed by atoms with van der Waals surface area (Å²) in [5, 5.41) is 2.99. The minimum Gasteiger partial charge on any atom is -0.373 e. The van der Waals surface area contributed by atoms with Crippen molar-refractivity contribution in [2.75, 3.05) is 32.0 Å². The van der Waals surface area contributed by atoms with Gasteiger partial charge in [0.1, 0.15) is 0 Å². The smallest absolute Gasteiger partial charge is 0.230 e. The molecular weight excluding hydrogens is 284 g/mol. The van der Waals surface area contributed by atoms with Gasteiger partial charge in [0.25, 0.3) is 0 Å². The van der Waals surface area contributed by atoms with Gasteiger partial charge in [0.15, 0.2) is 0 Å². The number of fused-ring (bicyclic) bond motifs is 1. The zero-order valence-electron chi connectivity index (χ0n) is 12.2. The van der Waals surface area contributed by atoms with Crippen molar-refractivity contribution < 1.29 is 9.53 Å². The van der Waals surface area contributed by atoms with Crippen molar-refractivity contribution in [3.05, 3.63) is 30.3 Å². The first-order chi connectivity index (χ1) is 10.3. The quantitative estimate of drug-likeness (QED) is 0.842. The van der Waals surface area contributed by atoms with Gasteiger partial charge in [-0.3, -0.25) is 9.69 Å². The maximum atomic E-state index is 11.9. The van der Waals surface area contributed by atoms with E-state index in [4.69, 9.17) is 4.74 Å². The first-order valence-corrected chi connectivity index (χ1v) is 8.60. The Morgan fingerprint density at radius 3 is 3.10 bits per heavy atom. The number of ether oxygens (including phenoxy) is 1. The maximum absolute atomic E-state index is 11.9. The summed E-state index contributed by atoms with van der Waals surface area (Å²) in [7, 11) is 0. The van der Waals surface area contributed by atoms with Gasteiger partial charge in [0, 0.05) is 24.0 Å². The normalized spacial score (nSPS) is 25.5. The fourth-order valence-electron chi connectivity index (χ4n) is 2.95. The summed E-state index contributed by atoms with van der Waals surface area (Å²) in [5.41, 5.74) is 0. The number of amides is 1. The van der Waals surface area contributed by atoms with E-state index in [1.54, 1.807) is 11.8 Å². The monoisotopic (exact) mass is 306 g/mol. The SMILES string of the molecule is O=C(CSc1ccccc1)NC[C@H]1CN2CCC[C@@H]2CO1. The van der Waals surface area contributed by atoms with Crippen molar-refractivity contribution in [1.82, 2.24) is 10.2 Å². The van der Waals surface area contributed by atoms with Crippen LogP contribution in [0.15, 0.2) is 35.2 Å². The van der Waals surface area contributed by atoms with Crippen LogP contribution in [0.1, 0.15) is 12.8 Å². The molecule has 2 aliphatic heterocycles. The van der Waals surface area contributed by atoms with E-state index in [-0.39, 0.29) is 12.0 Å². The molecule has 114 valence electrons. The van der Waals surface area contributed by atoms with Gasteiger partial charge in [0.2, 0.25) is 5.91 Å². The summed E-state index contributed by atoms with van der Waals surface area (Å²) in [6.45, 7) is 3.58. The van der Waals surface area contributed by atoms with E-state index in [1.165, 1.54) is 19.4 Å². The molecule has 2 fully saturated rings. The Labute approximate surface area is 130 Å². The largest absolute Gasteiger partial charge is 0.373 e. The van der Waals surface area contributed by atoms with Crippen molar-refractivity contribution in [2.45, 2.75) is 29.9 Å². The van der Waals surface area contributed by atoms with E-state index >= 15 is 0 Å². The number of morpholine rings is 1. The summed E-state index contributed by atoms with van der Waals surface area (Å²) in [4.78, 5) is 15.5. The maximum Gasteiger partial charge on any atom is 0.230 e. The summed E-state index contributed by atoms with van der Waals surface area (Å²) in [6.07, 6.45) is 2.68. The molecular formula is C16H22N2O2S. The minimum atomic E-state index is 0.0796. The van der Waals surface area contributed by atoms with Crippen LogP contribution in [0.5, 0.6) is 0 Å². The lowest BCUT2D eigenvalue weighted by Gasteiger charge is -2.35. The van der Waals surface area contributed by atoms with Gasteiger partial charge in [0.05, 0.1) is 18.5 Å². The highest BCUT2D eigenvalue weighted by atomic mass is 32.2. The molecule has 5 heteroatoms. The predicted molar refractivity (Wildman–Crippen MR) is 84.5 cm³/mol. The van der Waals surface area contributed by atoms with Crippen molar-refractivity contribution >= 4 is 17.7 Å². The molecule has 4 nitrogen and oxygen atoms in total. The van der Waals surface area contributed by atoms with Crippen LogP contribution in [0.2, 0.25) is 0 Å². The van der Waals surface area contributed by atoms with Gasteiger partial charge >= 0.3 is 0 Å². The number of nitrogens with one attached hydrogen (secondary N) is 1. The summed E-state index contributed by atoms with van der Waals surface area (Å²) >= 11 is 1.57. The molecule has 1 amide bonds. The molecule has 0 radical (unpaired) electrons. The van der Waals surface area contributed by atoms with Crippen LogP contribution in [0.4, 0.5) is 0 Å². The molecule has 0 aliphatic carbocycles. The second-order valence-electron chi connectivity index (χ2n) is 5.65. The van der Waals surface area contributed by atoms with Gasteiger partial charge in [-0.25, -0.2) is 0 Å². The lowest BCUT2D eigenvalue weighted by Crippen LogP contribution is -2.50. The lowest BCUT2D eigenvalue weighted by molar-refractivity contribution is -0.120. The highest BCUT2D eigenvalue weighted by Crippen LogP contribution is 2.22. The van der Waals surface area contributed by atoms with Gasteiger partial charge in [-0.15, -0.1) is 11.8 Å². The molecule has 3 rings (SSSR count). The number of carbonyl (C=O) groups is 1. The van der Waals surface area contributed by atoms with E-state index in [0.717, 1.165) is 18.0 Å². The van der Waals surface area contributed by atoms with Crippen molar-refractivity contribution in [2.24, 2.45) is 0 Å². The predicted octanol–water partition coefficient (Wildman–Crippen LogP) is 1.76. The number of thioether (sulfide) groups is 1. The third kappa shape index (κ3) is 4.22. The van der Waals surface area contributed by atoms with Gasteiger partial charge in [-0.2, -0.15) is 0 Å². The summed E-state index contributed by atoms with van der Waals surface area (Å²) in [6, 6.07) is 10.6. The zero-order valence-corrected chi connectivity index (χ0v) is 13.0. The zero-order chi connectivity index (χ0) is 14.5. The fourth-order valence-corrected chi connectivity index (χ4v) is 3.70. The number of hydrogen-bond donors (Lipinski definition) is 1. The van der Waals surface area contributed by atoms with Gasteiger partial charge < -0.3 is 10.1 Å². The Bertz CT molecular complexity index is 469. The van der Waals surface area contributed by atoms with Crippen LogP contribution in [-0.4, -0.2) is 54.9 Å². The van der Waals surface area contributed by atoms with Crippen LogP contribution in [0.3, 0.4) is 0 Å². The second kappa shape index (κ2) is 7.29. The molecule has 2 heterocycles. The fraction of sp³-hybridized carbons (Fsp3) is 0.562. The molecule has 1 aromatic carbocycles. The minimum absolute atomic E-state index is 0.0796. The third-order valence-corrected chi connectivity index (χ3v) is 5.11. The Morgan fingerprint density at radius 1 is 1.38 bits per heavy atom. The molecule has 0 spiro atoms. The molecule has 0 bridgehead atoms. The average molecular weight is 306 g/mol. The molecule has 1 aromatic rings. The van der Waals surface area contributed by atoms with Crippen molar-refractivity contribution in [3.63, 3.8) is 0 Å². The van der Waals surface area contributed by atoms with Gasteiger partial charge in [-0.1, -0.05) is 18.2 Å². The van der Waals surface area contributed by atoms with Crippen LogP contribution < -0.4 is 5.32 Å². The van der Waals surface area contributed by atoms with E-state index in [0.29, 0.717) is 18.3 Å². The average Bonchev–Trinajstić information content (AvgIpc) is 2.99. The van der Waals surface area contributed by atoms with E-state index in [1.807, 2.05) is 30.3 Å². The van der Waals surface area contributed by atoms with Crippen LogP contribution in [-0.2, 0) is 9.53 Å². The summed E-state index contributed by atoms with van der Waals surface area (Å²) in [5.74, 6) is 0.541. The Morgan fingerprint density at radius 2 is 2.24 bits per heavy atom. The van der Waals surface area contributed by atoms with E-state index in [2.05, 4.69) is 10.2 Å². The standard InChI is InChI=1S/C16H22N2O2S/c19-16(12-21-15-6-2-1-3-7-15)17-9-14-10-18-8-4-5-13(18)11-20-14/h1-3,6-7,13-14H,4-5,8-12H2,(H,17,19)/t13-,14+/m1/s1. The van der Waals surface area contributed by atoms with Gasteiger partial charge in [-0.05, 0) is 31.5 Å². The molecule has 0 aromatic heterocycles. The highest BCUT2D eigenvalue weighted by molar-refractivity contribution is 8.00. The number of rotatable bonds is 5. The number of nitrogens with zero attached hydrogens (tertiary/aromatic N) is 1. The van der Waals surface area contributed by atoms with E-state index < -0.39 is 0 Å². The van der Waals surface area contributed by atoms with Crippen molar-refractivity contribution in [3.8, 4) is 0 Å². The molecule has 1 N–H and O–H groups in total. The Balaban J connectivity index is 1.36. The molecule has 2 atom stereocenters. The molecule has 2 aliphatic rings. The van der Waals surface area contributed by atoms with Crippen LogP contribution in [0, 0.1) is 0 Å². The van der Waals surface area contributed by atoms with Crippen LogP contribution in [0.25, 0.3) is 0 Å². The molecule has 0 saturated carbocycles. The topological polar surface area (TPSA) is 41.6 Å². The van der Waals surface area contributed by atoms with Crippen LogP contribution >= 0.6 is 11.8 Å². The Kier molecular flexibility index (Phi) is 5.17. The second-order valence-corrected chi connectivity index (χ2v) is 6.70.